The highest BCUT2D eigenvalue weighted by atomic mass is 32.1. The molecule has 32 heavy (non-hydrogen) atoms. The zero-order chi connectivity index (χ0) is 22.3. The molecule has 166 valence electrons. The standard InChI is InChI=1S/C25H28N2O3SSi/c1-28-19-7-5-17(6-8-19)24-21-14-23-20(13-22(31-23)18-9-10-29-15-18)25(21)27(26-24)16-30-11-12-32(2,3)4/h5-10,13,15H,11-12,14,16H2,1-4H3. The minimum absolute atomic E-state index is 0.472. The fourth-order valence-electron chi connectivity index (χ4n) is 4.04. The van der Waals surface area contributed by atoms with Crippen molar-refractivity contribution in [3.8, 4) is 38.7 Å². The van der Waals surface area contributed by atoms with Crippen LogP contribution in [0.25, 0.3) is 33.0 Å². The van der Waals surface area contributed by atoms with E-state index in [0.29, 0.717) is 6.73 Å². The maximum absolute atomic E-state index is 6.10. The highest BCUT2D eigenvalue weighted by Crippen LogP contribution is 2.47. The number of methoxy groups -OCH3 is 1. The lowest BCUT2D eigenvalue weighted by molar-refractivity contribution is 0.0799. The molecule has 5 nitrogen and oxygen atoms in total. The van der Waals surface area contributed by atoms with Crippen molar-refractivity contribution < 1.29 is 13.9 Å². The van der Waals surface area contributed by atoms with E-state index in [4.69, 9.17) is 19.0 Å². The second kappa shape index (κ2) is 8.39. The van der Waals surface area contributed by atoms with Crippen LogP contribution in [0.4, 0.5) is 0 Å². The Morgan fingerprint density at radius 2 is 1.94 bits per heavy atom. The van der Waals surface area contributed by atoms with Crippen LogP contribution in [-0.4, -0.2) is 31.6 Å². The number of furan rings is 1. The Kier molecular flexibility index (Phi) is 5.57. The van der Waals surface area contributed by atoms with Crippen molar-refractivity contribution in [3.05, 3.63) is 59.4 Å². The van der Waals surface area contributed by atoms with Gasteiger partial charge < -0.3 is 13.9 Å². The first kappa shape index (κ1) is 21.2. The van der Waals surface area contributed by atoms with Gasteiger partial charge in [0.25, 0.3) is 0 Å². The van der Waals surface area contributed by atoms with Crippen LogP contribution in [0.15, 0.2) is 53.3 Å². The van der Waals surface area contributed by atoms with Gasteiger partial charge in [0.15, 0.2) is 0 Å². The van der Waals surface area contributed by atoms with Gasteiger partial charge in [-0.2, -0.15) is 5.10 Å². The largest absolute Gasteiger partial charge is 0.497 e. The Bertz CT molecular complexity index is 1220. The van der Waals surface area contributed by atoms with Crippen molar-refractivity contribution >= 4 is 19.4 Å². The summed E-state index contributed by atoms with van der Waals surface area (Å²) < 4.78 is 18.8. The number of fused-ring (bicyclic) bond motifs is 3. The molecule has 0 bridgehead atoms. The summed E-state index contributed by atoms with van der Waals surface area (Å²) in [7, 11) is 0.558. The van der Waals surface area contributed by atoms with Crippen molar-refractivity contribution in [2.75, 3.05) is 13.7 Å². The molecule has 1 aromatic carbocycles. The first-order valence-corrected chi connectivity index (χ1v) is 15.4. The molecule has 0 amide bonds. The zero-order valence-corrected chi connectivity index (χ0v) is 20.8. The van der Waals surface area contributed by atoms with E-state index >= 15 is 0 Å². The molecule has 7 heteroatoms. The predicted molar refractivity (Wildman–Crippen MR) is 132 cm³/mol. The third kappa shape index (κ3) is 4.08. The number of benzene rings is 1. The van der Waals surface area contributed by atoms with E-state index < -0.39 is 8.07 Å². The van der Waals surface area contributed by atoms with Crippen LogP contribution in [0.2, 0.25) is 25.7 Å². The molecule has 0 unspecified atom stereocenters. The summed E-state index contributed by atoms with van der Waals surface area (Å²) in [6.07, 6.45) is 4.43. The second-order valence-electron chi connectivity index (χ2n) is 9.39. The van der Waals surface area contributed by atoms with Crippen LogP contribution < -0.4 is 4.74 Å². The van der Waals surface area contributed by atoms with Gasteiger partial charge in [0.2, 0.25) is 0 Å². The summed E-state index contributed by atoms with van der Waals surface area (Å²) >= 11 is 1.83. The summed E-state index contributed by atoms with van der Waals surface area (Å²) in [4.78, 5) is 2.60. The second-order valence-corrected chi connectivity index (χ2v) is 16.1. The molecule has 5 rings (SSSR count). The molecular weight excluding hydrogens is 436 g/mol. The molecule has 0 spiro atoms. The summed E-state index contributed by atoms with van der Waals surface area (Å²) in [6.45, 7) is 8.37. The van der Waals surface area contributed by atoms with Gasteiger partial charge in [0.1, 0.15) is 12.5 Å². The van der Waals surface area contributed by atoms with Crippen LogP contribution in [0.3, 0.4) is 0 Å². The molecule has 0 saturated heterocycles. The Hall–Kier alpha value is -2.61. The van der Waals surface area contributed by atoms with E-state index in [-0.39, 0.29) is 0 Å². The van der Waals surface area contributed by atoms with Crippen LogP contribution >= 0.6 is 11.3 Å². The predicted octanol–water partition coefficient (Wildman–Crippen LogP) is 6.76. The van der Waals surface area contributed by atoms with Crippen molar-refractivity contribution in [2.24, 2.45) is 0 Å². The van der Waals surface area contributed by atoms with Crippen molar-refractivity contribution in [3.63, 3.8) is 0 Å². The Labute approximate surface area is 193 Å². The van der Waals surface area contributed by atoms with Crippen molar-refractivity contribution in [1.82, 2.24) is 9.78 Å². The summed E-state index contributed by atoms with van der Waals surface area (Å²) in [5.41, 5.74) is 6.99. The number of aromatic nitrogens is 2. The van der Waals surface area contributed by atoms with Crippen LogP contribution in [0.1, 0.15) is 10.4 Å². The fourth-order valence-corrected chi connectivity index (χ4v) is 5.95. The average Bonchev–Trinajstić information content (AvgIpc) is 3.52. The topological polar surface area (TPSA) is 49.4 Å². The monoisotopic (exact) mass is 464 g/mol. The van der Waals surface area contributed by atoms with E-state index in [1.807, 2.05) is 35.8 Å². The van der Waals surface area contributed by atoms with Crippen LogP contribution in [0.5, 0.6) is 5.75 Å². The molecule has 0 saturated carbocycles. The number of rotatable bonds is 8. The number of ether oxygens (including phenoxy) is 2. The SMILES string of the molecule is COc1ccc(-c2nn(COCC[Si](C)(C)C)c3c2Cc2sc(-c4ccoc4)cc2-3)cc1. The van der Waals surface area contributed by atoms with E-state index in [0.717, 1.165) is 41.6 Å². The third-order valence-electron chi connectivity index (χ3n) is 5.83. The Balaban J connectivity index is 1.50. The molecule has 3 heterocycles. The average molecular weight is 465 g/mol. The number of nitrogens with zero attached hydrogens (tertiary/aromatic N) is 2. The van der Waals surface area contributed by atoms with Crippen LogP contribution in [-0.2, 0) is 17.9 Å². The molecule has 0 atom stereocenters. The smallest absolute Gasteiger partial charge is 0.140 e. The molecule has 1 aliphatic rings. The number of hydrogen-bond donors (Lipinski definition) is 0. The number of hydrogen-bond acceptors (Lipinski definition) is 5. The number of thiophene rings is 1. The maximum Gasteiger partial charge on any atom is 0.140 e. The quantitative estimate of drug-likeness (QED) is 0.188. The summed E-state index contributed by atoms with van der Waals surface area (Å²) in [5.74, 6) is 0.850. The first-order chi connectivity index (χ1) is 15.4. The van der Waals surface area contributed by atoms with Gasteiger partial charge in [-0.1, -0.05) is 19.6 Å². The van der Waals surface area contributed by atoms with E-state index in [2.05, 4.69) is 42.5 Å². The van der Waals surface area contributed by atoms with Crippen LogP contribution in [0, 0.1) is 0 Å². The van der Waals surface area contributed by atoms with Gasteiger partial charge in [-0.3, -0.25) is 0 Å². The molecule has 0 aliphatic heterocycles. The molecule has 0 N–H and O–H groups in total. The lowest BCUT2D eigenvalue weighted by Gasteiger charge is -2.15. The van der Waals surface area contributed by atoms with Gasteiger partial charge in [-0.25, -0.2) is 4.68 Å². The molecule has 3 aromatic heterocycles. The van der Waals surface area contributed by atoms with Gasteiger partial charge >= 0.3 is 0 Å². The summed E-state index contributed by atoms with van der Waals surface area (Å²) in [6, 6.07) is 13.6. The van der Waals surface area contributed by atoms with Crippen molar-refractivity contribution in [1.29, 1.82) is 0 Å². The highest BCUT2D eigenvalue weighted by Gasteiger charge is 2.30. The van der Waals surface area contributed by atoms with E-state index in [1.165, 1.54) is 26.6 Å². The van der Waals surface area contributed by atoms with Gasteiger partial charge in [0.05, 0.1) is 31.0 Å². The molecule has 0 fully saturated rings. The maximum atomic E-state index is 6.10. The Morgan fingerprint density at radius 3 is 2.62 bits per heavy atom. The summed E-state index contributed by atoms with van der Waals surface area (Å²) in [5, 5.41) is 5.01. The van der Waals surface area contributed by atoms with Gasteiger partial charge in [-0.15, -0.1) is 11.3 Å². The minimum Gasteiger partial charge on any atom is -0.497 e. The molecular formula is C25H28N2O3SSi. The highest BCUT2D eigenvalue weighted by molar-refractivity contribution is 7.16. The lowest BCUT2D eigenvalue weighted by Crippen LogP contribution is -2.22. The third-order valence-corrected chi connectivity index (χ3v) is 8.72. The van der Waals surface area contributed by atoms with E-state index in [1.54, 1.807) is 13.4 Å². The molecule has 1 aliphatic carbocycles. The first-order valence-electron chi connectivity index (χ1n) is 10.9. The van der Waals surface area contributed by atoms with Crippen molar-refractivity contribution in [2.45, 2.75) is 38.8 Å². The van der Waals surface area contributed by atoms with E-state index in [9.17, 15) is 0 Å². The van der Waals surface area contributed by atoms with Gasteiger partial charge in [0, 0.05) is 53.1 Å². The zero-order valence-electron chi connectivity index (χ0n) is 19.0. The normalized spacial score (nSPS) is 12.8. The minimum atomic E-state index is -1.13. The molecule has 4 aromatic rings. The lowest BCUT2D eigenvalue weighted by atomic mass is 10.1. The van der Waals surface area contributed by atoms with Gasteiger partial charge in [-0.05, 0) is 42.4 Å². The molecule has 0 radical (unpaired) electrons. The Morgan fingerprint density at radius 1 is 1.12 bits per heavy atom. The fraction of sp³-hybridized carbons (Fsp3) is 0.320.